The minimum Gasteiger partial charge on any atom is -0.384 e. The molecule has 1 aromatic heterocycles. The van der Waals surface area contributed by atoms with Gasteiger partial charge in [-0.2, -0.15) is 5.26 Å². The van der Waals surface area contributed by atoms with Crippen LogP contribution in [0.1, 0.15) is 17.0 Å². The van der Waals surface area contributed by atoms with Gasteiger partial charge in [-0.25, -0.2) is 5.01 Å². The van der Waals surface area contributed by atoms with Gasteiger partial charge in [0, 0.05) is 25.0 Å². The molecule has 1 aromatic rings. The second kappa shape index (κ2) is 7.03. The standard InChI is InChI=1S/C16H21N5O2/c1-11-8-13(12(2)20(11)6-7-23-3)9-14(10-17)16(22)21-5-4-15(18)19-21/h4,8-9,19H,5-7,18H2,1-3H3. The minimum atomic E-state index is -0.397. The Morgan fingerprint density at radius 2 is 2.30 bits per heavy atom. The molecule has 0 aliphatic carbocycles. The van der Waals surface area contributed by atoms with Gasteiger partial charge in [0.2, 0.25) is 0 Å². The third kappa shape index (κ3) is 3.55. The number of aryl methyl sites for hydroxylation is 1. The molecule has 2 heterocycles. The Hall–Kier alpha value is -2.72. The summed E-state index contributed by atoms with van der Waals surface area (Å²) in [6, 6.07) is 3.93. The summed E-state index contributed by atoms with van der Waals surface area (Å²) in [5, 5.41) is 10.6. The second-order valence-corrected chi connectivity index (χ2v) is 5.33. The van der Waals surface area contributed by atoms with Crippen LogP contribution in [0.4, 0.5) is 0 Å². The number of hydrogen-bond acceptors (Lipinski definition) is 5. The van der Waals surface area contributed by atoms with Crippen LogP contribution in [0.25, 0.3) is 6.08 Å². The van der Waals surface area contributed by atoms with Crippen molar-refractivity contribution < 1.29 is 9.53 Å². The fraction of sp³-hybridized carbons (Fsp3) is 0.375. The Balaban J connectivity index is 2.25. The van der Waals surface area contributed by atoms with Crippen molar-refractivity contribution in [2.75, 3.05) is 20.3 Å². The Morgan fingerprint density at radius 3 is 2.87 bits per heavy atom. The zero-order valence-electron chi connectivity index (χ0n) is 13.6. The normalized spacial score (nSPS) is 14.4. The molecule has 23 heavy (non-hydrogen) atoms. The maximum absolute atomic E-state index is 12.4. The highest BCUT2D eigenvalue weighted by molar-refractivity contribution is 6.01. The number of rotatable bonds is 5. The molecule has 3 N–H and O–H groups in total. The van der Waals surface area contributed by atoms with Crippen molar-refractivity contribution in [2.45, 2.75) is 20.4 Å². The van der Waals surface area contributed by atoms with E-state index in [1.807, 2.05) is 26.0 Å². The molecule has 0 fully saturated rings. The summed E-state index contributed by atoms with van der Waals surface area (Å²) >= 11 is 0. The molecular formula is C16H21N5O2. The monoisotopic (exact) mass is 315 g/mol. The van der Waals surface area contributed by atoms with Crippen LogP contribution in [0.5, 0.6) is 0 Å². The molecule has 1 aliphatic rings. The third-order valence-corrected chi connectivity index (χ3v) is 3.79. The summed E-state index contributed by atoms with van der Waals surface area (Å²) in [6.07, 6.45) is 3.30. The van der Waals surface area contributed by atoms with Crippen molar-refractivity contribution in [3.63, 3.8) is 0 Å². The molecule has 0 bridgehead atoms. The number of carbonyl (C=O) groups is 1. The maximum atomic E-state index is 12.4. The molecule has 1 aliphatic heterocycles. The van der Waals surface area contributed by atoms with E-state index in [4.69, 9.17) is 10.5 Å². The first kappa shape index (κ1) is 16.6. The predicted octanol–water partition coefficient (Wildman–Crippen LogP) is 0.805. The summed E-state index contributed by atoms with van der Waals surface area (Å²) in [4.78, 5) is 12.4. The van der Waals surface area contributed by atoms with Crippen molar-refractivity contribution in [2.24, 2.45) is 5.73 Å². The average molecular weight is 315 g/mol. The molecule has 0 unspecified atom stereocenters. The van der Waals surface area contributed by atoms with E-state index < -0.39 is 5.91 Å². The SMILES string of the molecule is COCCn1c(C)cc(C=C(C#N)C(=O)N2CC=C(N)N2)c1C. The molecule has 2 rings (SSSR count). The molecule has 1 amide bonds. The lowest BCUT2D eigenvalue weighted by Crippen LogP contribution is -2.39. The number of nitriles is 1. The Labute approximate surface area is 135 Å². The van der Waals surface area contributed by atoms with E-state index in [-0.39, 0.29) is 5.57 Å². The zero-order valence-corrected chi connectivity index (χ0v) is 13.6. The second-order valence-electron chi connectivity index (χ2n) is 5.33. The molecule has 7 nitrogen and oxygen atoms in total. The van der Waals surface area contributed by atoms with Crippen LogP contribution in [0, 0.1) is 25.2 Å². The van der Waals surface area contributed by atoms with Gasteiger partial charge in [-0.05, 0) is 37.6 Å². The number of nitrogens with two attached hydrogens (primary N) is 1. The number of hydrogen-bond donors (Lipinski definition) is 2. The Morgan fingerprint density at radius 1 is 1.57 bits per heavy atom. The van der Waals surface area contributed by atoms with Crippen LogP contribution >= 0.6 is 0 Å². The number of carbonyl (C=O) groups excluding carboxylic acids is 1. The van der Waals surface area contributed by atoms with Crippen LogP contribution < -0.4 is 11.2 Å². The molecule has 0 saturated heterocycles. The summed E-state index contributed by atoms with van der Waals surface area (Å²) in [7, 11) is 1.66. The van der Waals surface area contributed by atoms with Gasteiger partial charge in [0.25, 0.3) is 5.91 Å². The Kier molecular flexibility index (Phi) is 5.09. The van der Waals surface area contributed by atoms with E-state index in [2.05, 4.69) is 9.99 Å². The predicted molar refractivity (Wildman–Crippen MR) is 86.5 cm³/mol. The van der Waals surface area contributed by atoms with Gasteiger partial charge >= 0.3 is 0 Å². The number of nitrogens with zero attached hydrogens (tertiary/aromatic N) is 3. The van der Waals surface area contributed by atoms with Crippen LogP contribution in [-0.2, 0) is 16.1 Å². The van der Waals surface area contributed by atoms with Crippen LogP contribution in [0.15, 0.2) is 23.5 Å². The maximum Gasteiger partial charge on any atom is 0.283 e. The highest BCUT2D eigenvalue weighted by Gasteiger charge is 2.22. The molecular weight excluding hydrogens is 294 g/mol. The lowest BCUT2D eigenvalue weighted by Gasteiger charge is -2.16. The average Bonchev–Trinajstić information content (AvgIpc) is 3.07. The van der Waals surface area contributed by atoms with Gasteiger partial charge in [-0.1, -0.05) is 0 Å². The van der Waals surface area contributed by atoms with Crippen molar-refractivity contribution in [3.8, 4) is 6.07 Å². The number of amides is 1. The van der Waals surface area contributed by atoms with Crippen molar-refractivity contribution in [1.29, 1.82) is 5.26 Å². The summed E-state index contributed by atoms with van der Waals surface area (Å²) in [5.74, 6) is 0.0132. The number of methoxy groups -OCH3 is 1. The minimum absolute atomic E-state index is 0.0626. The van der Waals surface area contributed by atoms with E-state index in [0.29, 0.717) is 19.0 Å². The lowest BCUT2D eigenvalue weighted by molar-refractivity contribution is -0.127. The summed E-state index contributed by atoms with van der Waals surface area (Å²) in [5.41, 5.74) is 11.3. The fourth-order valence-corrected chi connectivity index (χ4v) is 2.51. The molecule has 0 saturated carbocycles. The first-order valence-corrected chi connectivity index (χ1v) is 7.29. The summed E-state index contributed by atoms with van der Waals surface area (Å²) < 4.78 is 7.21. The highest BCUT2D eigenvalue weighted by Crippen LogP contribution is 2.19. The molecule has 0 spiro atoms. The molecule has 122 valence electrons. The summed E-state index contributed by atoms with van der Waals surface area (Å²) in [6.45, 7) is 5.62. The third-order valence-electron chi connectivity index (χ3n) is 3.79. The quantitative estimate of drug-likeness (QED) is 0.619. The number of ether oxygens (including phenoxy) is 1. The van der Waals surface area contributed by atoms with Crippen molar-refractivity contribution in [1.82, 2.24) is 15.0 Å². The lowest BCUT2D eigenvalue weighted by atomic mass is 10.1. The first-order chi connectivity index (χ1) is 11.0. The van der Waals surface area contributed by atoms with E-state index in [1.165, 1.54) is 5.01 Å². The van der Waals surface area contributed by atoms with Gasteiger partial charge in [-0.3, -0.25) is 10.2 Å². The topological polar surface area (TPSA) is 96.3 Å². The fourth-order valence-electron chi connectivity index (χ4n) is 2.51. The largest absolute Gasteiger partial charge is 0.384 e. The van der Waals surface area contributed by atoms with Gasteiger partial charge in [0.1, 0.15) is 17.5 Å². The smallest absolute Gasteiger partial charge is 0.283 e. The molecule has 0 radical (unpaired) electrons. The number of hydrazine groups is 1. The van der Waals surface area contributed by atoms with Crippen LogP contribution in [-0.4, -0.2) is 35.7 Å². The van der Waals surface area contributed by atoms with E-state index in [0.717, 1.165) is 23.5 Å². The zero-order chi connectivity index (χ0) is 17.0. The van der Waals surface area contributed by atoms with E-state index in [9.17, 15) is 10.1 Å². The molecule has 0 aromatic carbocycles. The van der Waals surface area contributed by atoms with Crippen molar-refractivity contribution in [3.05, 3.63) is 40.5 Å². The molecule has 7 heteroatoms. The highest BCUT2D eigenvalue weighted by atomic mass is 16.5. The van der Waals surface area contributed by atoms with E-state index >= 15 is 0 Å². The van der Waals surface area contributed by atoms with Crippen molar-refractivity contribution >= 4 is 12.0 Å². The number of aromatic nitrogens is 1. The van der Waals surface area contributed by atoms with Gasteiger partial charge < -0.3 is 15.0 Å². The molecule has 0 atom stereocenters. The number of nitrogens with one attached hydrogen (secondary N) is 1. The van der Waals surface area contributed by atoms with Crippen LogP contribution in [0.3, 0.4) is 0 Å². The van der Waals surface area contributed by atoms with Crippen LogP contribution in [0.2, 0.25) is 0 Å². The van der Waals surface area contributed by atoms with Gasteiger partial charge in [0.15, 0.2) is 0 Å². The van der Waals surface area contributed by atoms with Gasteiger partial charge in [0.05, 0.1) is 13.2 Å². The van der Waals surface area contributed by atoms with Gasteiger partial charge in [-0.15, -0.1) is 0 Å². The Bertz CT molecular complexity index is 709. The first-order valence-electron chi connectivity index (χ1n) is 7.29. The van der Waals surface area contributed by atoms with E-state index in [1.54, 1.807) is 19.3 Å².